The minimum atomic E-state index is -1.44. The SMILES string of the molecule is C=CCOc1ccccc1CC(=O)O[C@H]1[C@H](OC[C@H]2O[C@H](OC)[C@H](OCc3ccccc3)[C@@H](O)[C@@H]2O)O[C@@H]2COC(c3ccccc3)O[C@@H]2[C@@H]1OCc1ccccc1. The van der Waals surface area contributed by atoms with Gasteiger partial charge in [-0.05, 0) is 17.2 Å². The van der Waals surface area contributed by atoms with Crippen LogP contribution in [0.1, 0.15) is 28.5 Å². The van der Waals surface area contributed by atoms with Crippen molar-refractivity contribution in [2.45, 2.75) is 87.3 Å². The van der Waals surface area contributed by atoms with Crippen molar-refractivity contribution in [3.8, 4) is 5.75 Å². The first-order valence-electron chi connectivity index (χ1n) is 19.4. The molecule has 0 radical (unpaired) electrons. The number of esters is 1. The third-order valence-corrected chi connectivity index (χ3v) is 10.2. The lowest BCUT2D eigenvalue weighted by Crippen LogP contribution is -2.65. The largest absolute Gasteiger partial charge is 0.489 e. The van der Waals surface area contributed by atoms with E-state index < -0.39 is 73.7 Å². The lowest BCUT2D eigenvalue weighted by Gasteiger charge is -2.49. The van der Waals surface area contributed by atoms with Crippen molar-refractivity contribution in [3.63, 3.8) is 0 Å². The van der Waals surface area contributed by atoms with E-state index in [0.717, 1.165) is 16.7 Å². The number of para-hydroxylation sites is 1. The number of rotatable bonds is 17. The van der Waals surface area contributed by atoms with Gasteiger partial charge in [-0.3, -0.25) is 4.79 Å². The van der Waals surface area contributed by atoms with Gasteiger partial charge in [0.2, 0.25) is 0 Å². The third-order valence-electron chi connectivity index (χ3n) is 10.2. The van der Waals surface area contributed by atoms with Crippen LogP contribution < -0.4 is 4.74 Å². The number of hydrogen-bond acceptors (Lipinski definition) is 13. The molecule has 3 aliphatic rings. The average molecular weight is 799 g/mol. The molecule has 58 heavy (non-hydrogen) atoms. The Bertz CT molecular complexity index is 1860. The van der Waals surface area contributed by atoms with E-state index in [1.54, 1.807) is 18.2 Å². The van der Waals surface area contributed by atoms with Crippen molar-refractivity contribution in [2.24, 2.45) is 0 Å². The maximum atomic E-state index is 13.9. The lowest BCUT2D eigenvalue weighted by molar-refractivity contribution is -0.373. The zero-order chi connectivity index (χ0) is 40.3. The Morgan fingerprint density at radius 3 is 2.05 bits per heavy atom. The number of benzene rings is 4. The van der Waals surface area contributed by atoms with Crippen molar-refractivity contribution in [3.05, 3.63) is 150 Å². The van der Waals surface area contributed by atoms with Crippen molar-refractivity contribution >= 4 is 5.97 Å². The van der Waals surface area contributed by atoms with Gasteiger partial charge in [0.1, 0.15) is 55.1 Å². The molecule has 0 aromatic heterocycles. The summed E-state index contributed by atoms with van der Waals surface area (Å²) in [5, 5.41) is 22.5. The van der Waals surface area contributed by atoms with E-state index in [1.807, 2.05) is 103 Å². The molecule has 13 nitrogen and oxygen atoms in total. The lowest BCUT2D eigenvalue weighted by atomic mass is 9.96. The van der Waals surface area contributed by atoms with Crippen molar-refractivity contribution in [1.29, 1.82) is 0 Å². The van der Waals surface area contributed by atoms with Crippen LogP contribution in [0, 0.1) is 0 Å². The normalized spacial score (nSPS) is 29.5. The van der Waals surface area contributed by atoms with Gasteiger partial charge >= 0.3 is 5.97 Å². The first-order valence-corrected chi connectivity index (χ1v) is 19.4. The molecule has 7 rings (SSSR count). The molecule has 0 bridgehead atoms. The Morgan fingerprint density at radius 2 is 1.38 bits per heavy atom. The molecule has 11 atom stereocenters. The number of hydrogen-bond donors (Lipinski definition) is 2. The molecule has 0 aliphatic carbocycles. The minimum Gasteiger partial charge on any atom is -0.489 e. The fourth-order valence-corrected chi connectivity index (χ4v) is 7.20. The highest BCUT2D eigenvalue weighted by molar-refractivity contribution is 5.74. The van der Waals surface area contributed by atoms with Crippen molar-refractivity contribution in [2.75, 3.05) is 26.9 Å². The molecule has 0 amide bonds. The standard InChI is InChI=1S/C45H50O13/c1-3-23-50-33-22-14-13-21-32(33)24-36(46)57-42-41(52-26-30-17-9-5-10-18-30)39-35(28-53-43(58-39)31-19-11-6-12-20-31)56-45(42)54-27-34-37(47)38(48)40(44(49-2)55-34)51-25-29-15-7-4-8-16-29/h3-22,34-35,37-45,47-48H,1,23-28H2,2H3/t34-,35-,37-,38+,39+,40-,41+,42-,43?,44+,45-/m1/s1. The summed E-state index contributed by atoms with van der Waals surface area (Å²) in [4.78, 5) is 13.9. The Labute approximate surface area is 337 Å². The highest BCUT2D eigenvalue weighted by Gasteiger charge is 2.54. The quantitative estimate of drug-likeness (QED) is 0.111. The molecule has 3 heterocycles. The first kappa shape index (κ1) is 41.6. The van der Waals surface area contributed by atoms with E-state index in [2.05, 4.69) is 6.58 Å². The zero-order valence-corrected chi connectivity index (χ0v) is 32.2. The first-order chi connectivity index (χ1) is 28.4. The van der Waals surface area contributed by atoms with Crippen LogP contribution in [0.3, 0.4) is 0 Å². The smallest absolute Gasteiger partial charge is 0.310 e. The number of ether oxygens (including phenoxy) is 10. The second-order valence-electron chi connectivity index (χ2n) is 14.2. The summed E-state index contributed by atoms with van der Waals surface area (Å²) in [7, 11) is 1.42. The van der Waals surface area contributed by atoms with Gasteiger partial charge in [-0.1, -0.05) is 122 Å². The molecule has 13 heteroatoms. The van der Waals surface area contributed by atoms with E-state index in [4.69, 9.17) is 47.4 Å². The van der Waals surface area contributed by atoms with Crippen molar-refractivity contribution < 1.29 is 62.4 Å². The van der Waals surface area contributed by atoms with E-state index >= 15 is 0 Å². The van der Waals surface area contributed by atoms with Crippen molar-refractivity contribution in [1.82, 2.24) is 0 Å². The van der Waals surface area contributed by atoms with Crippen LogP contribution in [0.5, 0.6) is 5.75 Å². The molecule has 4 aromatic rings. The summed E-state index contributed by atoms with van der Waals surface area (Å²) in [6, 6.07) is 35.7. The van der Waals surface area contributed by atoms with Crippen LogP contribution >= 0.6 is 0 Å². The number of aliphatic hydroxyl groups is 2. The fourth-order valence-electron chi connectivity index (χ4n) is 7.20. The van der Waals surface area contributed by atoms with E-state index in [-0.39, 0.29) is 39.5 Å². The van der Waals surface area contributed by atoms with Gasteiger partial charge in [-0.15, -0.1) is 0 Å². The molecular weight excluding hydrogens is 748 g/mol. The van der Waals surface area contributed by atoms with Gasteiger partial charge in [0.15, 0.2) is 25.0 Å². The Hall–Kier alpha value is -4.51. The molecule has 1 unspecified atom stereocenters. The topological polar surface area (TPSA) is 150 Å². The summed E-state index contributed by atoms with van der Waals surface area (Å²) < 4.78 is 61.9. The van der Waals surface area contributed by atoms with Crippen LogP contribution in [0.2, 0.25) is 0 Å². The molecule has 0 spiro atoms. The molecule has 4 aromatic carbocycles. The Kier molecular flexibility index (Phi) is 14.7. The van der Waals surface area contributed by atoms with Gasteiger partial charge in [0.25, 0.3) is 0 Å². The predicted octanol–water partition coefficient (Wildman–Crippen LogP) is 4.83. The van der Waals surface area contributed by atoms with E-state index in [0.29, 0.717) is 11.3 Å². The second-order valence-corrected chi connectivity index (χ2v) is 14.2. The molecule has 3 fully saturated rings. The summed E-state index contributed by atoms with van der Waals surface area (Å²) >= 11 is 0. The Morgan fingerprint density at radius 1 is 0.741 bits per heavy atom. The number of carbonyl (C=O) groups excluding carboxylic acids is 1. The summed E-state index contributed by atoms with van der Waals surface area (Å²) in [6.45, 7) is 4.11. The number of fused-ring (bicyclic) bond motifs is 1. The Balaban J connectivity index is 1.13. The highest BCUT2D eigenvalue weighted by atomic mass is 16.8. The molecular formula is C45H50O13. The molecule has 308 valence electrons. The molecule has 0 saturated carbocycles. The summed E-state index contributed by atoms with van der Waals surface area (Å²) in [5.74, 6) is -0.0827. The van der Waals surface area contributed by atoms with Crippen LogP contribution in [0.15, 0.2) is 128 Å². The fraction of sp³-hybridized carbons (Fsp3) is 0.400. The second kappa shape index (κ2) is 20.5. The highest BCUT2D eigenvalue weighted by Crippen LogP contribution is 2.38. The zero-order valence-electron chi connectivity index (χ0n) is 32.2. The molecule has 2 N–H and O–H groups in total. The van der Waals surface area contributed by atoms with Gasteiger partial charge in [0.05, 0.1) is 32.8 Å². The monoisotopic (exact) mass is 798 g/mol. The molecule has 3 aliphatic heterocycles. The van der Waals surface area contributed by atoms with Crippen LogP contribution in [0.25, 0.3) is 0 Å². The predicted molar refractivity (Wildman–Crippen MR) is 208 cm³/mol. The van der Waals surface area contributed by atoms with E-state index in [1.165, 1.54) is 7.11 Å². The average Bonchev–Trinajstić information content (AvgIpc) is 3.26. The van der Waals surface area contributed by atoms with Crippen LogP contribution in [-0.2, 0) is 67.1 Å². The maximum absolute atomic E-state index is 13.9. The maximum Gasteiger partial charge on any atom is 0.310 e. The van der Waals surface area contributed by atoms with Gasteiger partial charge in [0, 0.05) is 18.2 Å². The summed E-state index contributed by atoms with van der Waals surface area (Å²) in [5.41, 5.74) is 3.17. The number of methoxy groups -OCH3 is 1. The van der Waals surface area contributed by atoms with Crippen LogP contribution in [0.4, 0.5) is 0 Å². The van der Waals surface area contributed by atoms with Crippen LogP contribution in [-0.4, -0.2) is 105 Å². The molecule has 3 saturated heterocycles. The van der Waals surface area contributed by atoms with Gasteiger partial charge in [-0.25, -0.2) is 0 Å². The minimum absolute atomic E-state index is 0.109. The number of aliphatic hydroxyl groups excluding tert-OH is 2. The van der Waals surface area contributed by atoms with E-state index in [9.17, 15) is 15.0 Å². The summed E-state index contributed by atoms with van der Waals surface area (Å²) in [6.07, 6.45) is -10.0. The van der Waals surface area contributed by atoms with Gasteiger partial charge < -0.3 is 57.6 Å². The third kappa shape index (κ3) is 10.4. The van der Waals surface area contributed by atoms with Gasteiger partial charge in [-0.2, -0.15) is 0 Å². The number of carbonyl (C=O) groups is 1.